The molecule has 0 bridgehead atoms. The molecule has 1 aromatic carbocycles. The first kappa shape index (κ1) is 22.8. The number of carbonyl (C=O) groups is 2. The van der Waals surface area contributed by atoms with Gasteiger partial charge in [0.1, 0.15) is 11.9 Å². The average molecular weight is 441 g/mol. The van der Waals surface area contributed by atoms with Gasteiger partial charge in [-0.05, 0) is 18.6 Å². The summed E-state index contributed by atoms with van der Waals surface area (Å²) in [5.74, 6) is -3.12. The molecular formula is C21H23F4N3O3. The molecule has 0 radical (unpaired) electrons. The number of cyclic esters (lactones) is 1. The van der Waals surface area contributed by atoms with E-state index in [1.807, 2.05) is 20.8 Å². The van der Waals surface area contributed by atoms with Crippen LogP contribution in [0.1, 0.15) is 55.2 Å². The maximum absolute atomic E-state index is 14.4. The van der Waals surface area contributed by atoms with Crippen molar-refractivity contribution in [2.75, 3.05) is 0 Å². The molecule has 10 heteroatoms. The van der Waals surface area contributed by atoms with Crippen molar-refractivity contribution >= 4 is 11.9 Å². The number of alkyl halides is 3. The minimum atomic E-state index is -4.93. The van der Waals surface area contributed by atoms with Gasteiger partial charge < -0.3 is 4.74 Å². The molecular weight excluding hydrogens is 418 g/mol. The lowest BCUT2D eigenvalue weighted by molar-refractivity contribution is -0.142. The fraction of sp³-hybridized carbons (Fsp3) is 0.476. The second kappa shape index (κ2) is 7.97. The van der Waals surface area contributed by atoms with Crippen LogP contribution in [0.3, 0.4) is 0 Å². The normalized spacial score (nSPS) is 17.9. The van der Waals surface area contributed by atoms with E-state index in [0.29, 0.717) is 12.5 Å². The van der Waals surface area contributed by atoms with E-state index in [-0.39, 0.29) is 29.8 Å². The van der Waals surface area contributed by atoms with Gasteiger partial charge in [0.05, 0.1) is 17.7 Å². The highest BCUT2D eigenvalue weighted by molar-refractivity contribution is 5.95. The van der Waals surface area contributed by atoms with Crippen molar-refractivity contribution in [3.8, 4) is 0 Å². The molecule has 6 nitrogen and oxygen atoms in total. The Morgan fingerprint density at radius 2 is 1.94 bits per heavy atom. The summed E-state index contributed by atoms with van der Waals surface area (Å²) in [6, 6.07) is 4.13. The Balaban J connectivity index is 2.09. The zero-order valence-corrected chi connectivity index (χ0v) is 17.6. The molecule has 0 saturated carbocycles. The SMILES string of the molecule is Cn1c(C(C)(C)C)cc(=NC(=O)c2cccc(C(F)(F)F)c2F)n1C[C@H]1CCC(=O)O1. The number of carbonyl (C=O) groups excluding carboxylic acids is 2. The van der Waals surface area contributed by atoms with Gasteiger partial charge in [-0.15, -0.1) is 0 Å². The van der Waals surface area contributed by atoms with Crippen LogP contribution in [0.2, 0.25) is 0 Å². The standard InChI is InChI=1S/C21H23F4N3O3/c1-20(2,3)15-10-16(28(27(15)4)11-12-8-9-17(29)31-12)26-19(30)13-6-5-7-14(18(13)22)21(23,24)25/h5-7,10,12H,8-9,11H2,1-4H3/t12-/m1/s1. The monoisotopic (exact) mass is 441 g/mol. The van der Waals surface area contributed by atoms with Crippen LogP contribution in [-0.2, 0) is 34.7 Å². The molecule has 1 aromatic heterocycles. The second-order valence-electron chi connectivity index (χ2n) is 8.48. The molecule has 1 aliphatic rings. The van der Waals surface area contributed by atoms with Crippen molar-refractivity contribution in [2.24, 2.45) is 12.0 Å². The molecule has 2 heterocycles. The largest absolute Gasteiger partial charge is 0.460 e. The van der Waals surface area contributed by atoms with Gasteiger partial charge in [0.2, 0.25) is 0 Å². The number of aromatic nitrogens is 2. The van der Waals surface area contributed by atoms with Gasteiger partial charge in [0.15, 0.2) is 5.49 Å². The first-order valence-electron chi connectivity index (χ1n) is 9.70. The van der Waals surface area contributed by atoms with E-state index in [0.717, 1.165) is 17.8 Å². The fourth-order valence-electron chi connectivity index (χ4n) is 3.57. The summed E-state index contributed by atoms with van der Waals surface area (Å²) in [5.41, 5.74) is -1.72. The topological polar surface area (TPSA) is 65.6 Å². The molecule has 2 aromatic rings. The molecule has 31 heavy (non-hydrogen) atoms. The highest BCUT2D eigenvalue weighted by Gasteiger charge is 2.36. The molecule has 168 valence electrons. The lowest BCUT2D eigenvalue weighted by Gasteiger charge is -2.21. The summed E-state index contributed by atoms with van der Waals surface area (Å²) in [5, 5.41) is 0. The van der Waals surface area contributed by atoms with Gasteiger partial charge in [-0.1, -0.05) is 26.8 Å². The predicted octanol–water partition coefficient (Wildman–Crippen LogP) is 3.73. The first-order valence-corrected chi connectivity index (χ1v) is 9.70. The highest BCUT2D eigenvalue weighted by atomic mass is 19.4. The number of hydrogen-bond acceptors (Lipinski definition) is 3. The van der Waals surface area contributed by atoms with E-state index >= 15 is 0 Å². The van der Waals surface area contributed by atoms with Crippen LogP contribution in [0.4, 0.5) is 17.6 Å². The number of amides is 1. The minimum Gasteiger partial charge on any atom is -0.460 e. The highest BCUT2D eigenvalue weighted by Crippen LogP contribution is 2.32. The molecule has 1 aliphatic heterocycles. The smallest absolute Gasteiger partial charge is 0.419 e. The predicted molar refractivity (Wildman–Crippen MR) is 103 cm³/mol. The number of halogens is 4. The molecule has 3 rings (SSSR count). The number of rotatable bonds is 3. The van der Waals surface area contributed by atoms with Crippen molar-refractivity contribution < 1.29 is 31.9 Å². The van der Waals surface area contributed by atoms with Crippen LogP contribution in [0, 0.1) is 5.82 Å². The summed E-state index contributed by atoms with van der Waals surface area (Å²) in [4.78, 5) is 28.0. The van der Waals surface area contributed by atoms with E-state index in [2.05, 4.69) is 4.99 Å². The number of benzene rings is 1. The van der Waals surface area contributed by atoms with Crippen LogP contribution in [0.5, 0.6) is 0 Å². The molecule has 1 saturated heterocycles. The number of ether oxygens (including phenoxy) is 1. The Morgan fingerprint density at radius 1 is 1.26 bits per heavy atom. The van der Waals surface area contributed by atoms with Gasteiger partial charge in [-0.25, -0.2) is 4.39 Å². The Morgan fingerprint density at radius 3 is 2.48 bits per heavy atom. The maximum atomic E-state index is 14.4. The zero-order valence-electron chi connectivity index (χ0n) is 17.6. The summed E-state index contributed by atoms with van der Waals surface area (Å²) >= 11 is 0. The lowest BCUT2D eigenvalue weighted by Crippen LogP contribution is -2.30. The van der Waals surface area contributed by atoms with Crippen LogP contribution in [0.25, 0.3) is 0 Å². The second-order valence-corrected chi connectivity index (χ2v) is 8.48. The van der Waals surface area contributed by atoms with Gasteiger partial charge in [0, 0.05) is 30.6 Å². The van der Waals surface area contributed by atoms with Crippen molar-refractivity contribution in [3.05, 3.63) is 52.4 Å². The summed E-state index contributed by atoms with van der Waals surface area (Å²) < 4.78 is 62.0. The summed E-state index contributed by atoms with van der Waals surface area (Å²) in [6.07, 6.45) is -4.58. The number of nitrogens with zero attached hydrogens (tertiary/aromatic N) is 3. The zero-order chi connectivity index (χ0) is 23.1. The molecule has 1 atom stereocenters. The molecule has 0 spiro atoms. The Labute approximate surface area is 176 Å². The van der Waals surface area contributed by atoms with Gasteiger partial charge in [-0.2, -0.15) is 18.2 Å². The lowest BCUT2D eigenvalue weighted by atomic mass is 9.92. The maximum Gasteiger partial charge on any atom is 0.419 e. The molecule has 0 aliphatic carbocycles. The van der Waals surface area contributed by atoms with Crippen LogP contribution in [-0.4, -0.2) is 27.3 Å². The molecule has 1 fully saturated rings. The van der Waals surface area contributed by atoms with Crippen molar-refractivity contribution in [2.45, 2.75) is 57.9 Å². The third-order valence-corrected chi connectivity index (χ3v) is 5.11. The van der Waals surface area contributed by atoms with E-state index in [1.165, 1.54) is 0 Å². The van der Waals surface area contributed by atoms with E-state index in [4.69, 9.17) is 4.74 Å². The van der Waals surface area contributed by atoms with Crippen LogP contribution >= 0.6 is 0 Å². The third-order valence-electron chi connectivity index (χ3n) is 5.11. The van der Waals surface area contributed by atoms with Crippen LogP contribution < -0.4 is 5.49 Å². The Hall–Kier alpha value is -2.91. The van der Waals surface area contributed by atoms with E-state index < -0.39 is 35.1 Å². The number of hydrogen-bond donors (Lipinski definition) is 0. The van der Waals surface area contributed by atoms with E-state index in [1.54, 1.807) is 22.5 Å². The van der Waals surface area contributed by atoms with Gasteiger partial charge in [0.25, 0.3) is 5.91 Å². The summed E-state index contributed by atoms with van der Waals surface area (Å²) in [7, 11) is 1.74. The van der Waals surface area contributed by atoms with Crippen molar-refractivity contribution in [3.63, 3.8) is 0 Å². The average Bonchev–Trinajstić information content (AvgIpc) is 3.18. The molecule has 0 unspecified atom stereocenters. The third kappa shape index (κ3) is 4.72. The summed E-state index contributed by atoms with van der Waals surface area (Å²) in [6.45, 7) is 6.04. The van der Waals surface area contributed by atoms with Crippen LogP contribution in [0.15, 0.2) is 29.3 Å². The van der Waals surface area contributed by atoms with Gasteiger partial charge >= 0.3 is 12.1 Å². The molecule has 0 N–H and O–H groups in total. The van der Waals surface area contributed by atoms with Gasteiger partial charge in [-0.3, -0.25) is 19.0 Å². The minimum absolute atomic E-state index is 0.136. The Bertz CT molecular complexity index is 1090. The quantitative estimate of drug-likeness (QED) is 0.539. The Kier molecular flexibility index (Phi) is 5.86. The first-order chi connectivity index (χ1) is 14.3. The van der Waals surface area contributed by atoms with Crippen molar-refractivity contribution in [1.82, 2.24) is 9.36 Å². The van der Waals surface area contributed by atoms with E-state index in [9.17, 15) is 27.2 Å². The van der Waals surface area contributed by atoms with Crippen molar-refractivity contribution in [1.29, 1.82) is 0 Å². The fourth-order valence-corrected chi connectivity index (χ4v) is 3.57. The molecule has 1 amide bonds. The number of esters is 1.